The van der Waals surface area contributed by atoms with Gasteiger partial charge < -0.3 is 9.47 Å². The number of ether oxygens (including phenoxy) is 2. The maximum Gasteiger partial charge on any atom is 0.276 e. The Hall–Kier alpha value is -3.13. The molecule has 0 saturated carbocycles. The Morgan fingerprint density at radius 2 is 1.61 bits per heavy atom. The van der Waals surface area contributed by atoms with E-state index in [4.69, 9.17) is 21.7 Å². The SMILES string of the molecule is CCc1ccc(OCC(=O)NNC(=S)NC(=O)COc2ccccc2C)cc1. The van der Waals surface area contributed by atoms with Crippen molar-refractivity contribution < 1.29 is 19.1 Å². The van der Waals surface area contributed by atoms with E-state index in [1.807, 2.05) is 37.3 Å². The Bertz CT molecular complexity index is 824. The first-order valence-electron chi connectivity index (χ1n) is 8.76. The summed E-state index contributed by atoms with van der Waals surface area (Å²) in [7, 11) is 0. The first-order chi connectivity index (χ1) is 13.5. The van der Waals surface area contributed by atoms with E-state index < -0.39 is 11.8 Å². The number of nitrogens with one attached hydrogen (secondary N) is 3. The molecule has 0 spiro atoms. The molecule has 0 aliphatic heterocycles. The van der Waals surface area contributed by atoms with Crippen LogP contribution in [-0.2, 0) is 16.0 Å². The summed E-state index contributed by atoms with van der Waals surface area (Å²) in [5, 5.41) is 2.37. The maximum absolute atomic E-state index is 11.8. The van der Waals surface area contributed by atoms with E-state index >= 15 is 0 Å². The molecule has 8 heteroatoms. The molecule has 0 aromatic heterocycles. The van der Waals surface area contributed by atoms with Crippen molar-refractivity contribution in [1.29, 1.82) is 0 Å². The molecule has 3 N–H and O–H groups in total. The lowest BCUT2D eigenvalue weighted by molar-refractivity contribution is -0.124. The largest absolute Gasteiger partial charge is 0.484 e. The highest BCUT2D eigenvalue weighted by molar-refractivity contribution is 7.80. The lowest BCUT2D eigenvalue weighted by atomic mass is 10.2. The van der Waals surface area contributed by atoms with Crippen LogP contribution in [0.3, 0.4) is 0 Å². The summed E-state index contributed by atoms with van der Waals surface area (Å²) in [6, 6.07) is 14.8. The summed E-state index contributed by atoms with van der Waals surface area (Å²) >= 11 is 4.96. The van der Waals surface area contributed by atoms with Gasteiger partial charge in [0.25, 0.3) is 11.8 Å². The van der Waals surface area contributed by atoms with Crippen molar-refractivity contribution in [1.82, 2.24) is 16.2 Å². The number of carbonyl (C=O) groups is 2. The normalized spacial score (nSPS) is 9.93. The third-order valence-electron chi connectivity index (χ3n) is 3.72. The number of carbonyl (C=O) groups excluding carboxylic acids is 2. The van der Waals surface area contributed by atoms with Crippen LogP contribution in [0.25, 0.3) is 0 Å². The number of hydrogen-bond acceptors (Lipinski definition) is 5. The molecule has 0 fully saturated rings. The van der Waals surface area contributed by atoms with E-state index in [2.05, 4.69) is 23.1 Å². The molecule has 2 aromatic rings. The third-order valence-corrected chi connectivity index (χ3v) is 3.93. The fourth-order valence-corrected chi connectivity index (χ4v) is 2.35. The summed E-state index contributed by atoms with van der Waals surface area (Å²) in [4.78, 5) is 23.6. The van der Waals surface area contributed by atoms with Gasteiger partial charge >= 0.3 is 0 Å². The van der Waals surface area contributed by atoms with Gasteiger partial charge in [0.2, 0.25) is 0 Å². The van der Waals surface area contributed by atoms with Crippen molar-refractivity contribution in [2.24, 2.45) is 0 Å². The number of hydrazine groups is 1. The fourth-order valence-electron chi connectivity index (χ4n) is 2.19. The molecule has 7 nitrogen and oxygen atoms in total. The smallest absolute Gasteiger partial charge is 0.276 e. The Labute approximate surface area is 169 Å². The lowest BCUT2D eigenvalue weighted by Gasteiger charge is -2.12. The molecular formula is C20H23N3O4S. The van der Waals surface area contributed by atoms with Gasteiger partial charge in [0.1, 0.15) is 11.5 Å². The third kappa shape index (κ3) is 7.24. The number of thiocarbonyl (C=S) groups is 1. The van der Waals surface area contributed by atoms with E-state index in [0.717, 1.165) is 12.0 Å². The molecule has 0 radical (unpaired) electrons. The van der Waals surface area contributed by atoms with Crippen LogP contribution < -0.4 is 25.6 Å². The predicted octanol–water partition coefficient (Wildman–Crippen LogP) is 2.04. The van der Waals surface area contributed by atoms with Crippen LogP contribution in [0.5, 0.6) is 11.5 Å². The van der Waals surface area contributed by atoms with Gasteiger partial charge in [-0.25, -0.2) is 0 Å². The Balaban J connectivity index is 1.64. The number of aryl methyl sites for hydroxylation is 2. The number of benzene rings is 2. The van der Waals surface area contributed by atoms with Gasteiger partial charge in [0.15, 0.2) is 18.3 Å². The summed E-state index contributed by atoms with van der Waals surface area (Å²) < 4.78 is 10.8. The second-order valence-electron chi connectivity index (χ2n) is 5.89. The summed E-state index contributed by atoms with van der Waals surface area (Å²) in [6.45, 7) is 3.56. The zero-order chi connectivity index (χ0) is 20.4. The second-order valence-corrected chi connectivity index (χ2v) is 6.30. The Morgan fingerprint density at radius 3 is 2.29 bits per heavy atom. The van der Waals surface area contributed by atoms with E-state index in [1.54, 1.807) is 18.2 Å². The van der Waals surface area contributed by atoms with Crippen molar-refractivity contribution >= 4 is 29.1 Å². The molecule has 2 rings (SSSR count). The van der Waals surface area contributed by atoms with Crippen molar-refractivity contribution in [3.8, 4) is 11.5 Å². The molecule has 28 heavy (non-hydrogen) atoms. The van der Waals surface area contributed by atoms with Gasteiger partial charge in [-0.1, -0.05) is 37.3 Å². The van der Waals surface area contributed by atoms with Crippen molar-refractivity contribution in [2.45, 2.75) is 20.3 Å². The number of rotatable bonds is 7. The zero-order valence-corrected chi connectivity index (χ0v) is 16.6. The predicted molar refractivity (Wildman–Crippen MR) is 110 cm³/mol. The molecule has 0 bridgehead atoms. The Kier molecular flexibility index (Phi) is 8.23. The number of hydrogen-bond donors (Lipinski definition) is 3. The van der Waals surface area contributed by atoms with E-state index in [-0.39, 0.29) is 18.3 Å². The molecule has 148 valence electrons. The summed E-state index contributed by atoms with van der Waals surface area (Å²) in [6.07, 6.45) is 0.934. The minimum absolute atomic E-state index is 0.0426. The number of amides is 2. The highest BCUT2D eigenvalue weighted by Gasteiger charge is 2.08. The minimum atomic E-state index is -0.442. The van der Waals surface area contributed by atoms with E-state index in [9.17, 15) is 9.59 Å². The van der Waals surface area contributed by atoms with Crippen LogP contribution in [0.2, 0.25) is 0 Å². The van der Waals surface area contributed by atoms with Gasteiger partial charge in [-0.15, -0.1) is 0 Å². The van der Waals surface area contributed by atoms with E-state index in [0.29, 0.717) is 11.5 Å². The van der Waals surface area contributed by atoms with Gasteiger partial charge in [0, 0.05) is 0 Å². The molecule has 0 aliphatic carbocycles. The molecular weight excluding hydrogens is 378 g/mol. The minimum Gasteiger partial charge on any atom is -0.484 e. The maximum atomic E-state index is 11.8. The topological polar surface area (TPSA) is 88.7 Å². The molecule has 2 aromatic carbocycles. The van der Waals surface area contributed by atoms with Crippen LogP contribution in [-0.4, -0.2) is 30.1 Å². The molecule has 2 amide bonds. The van der Waals surface area contributed by atoms with Crippen LogP contribution >= 0.6 is 12.2 Å². The number of para-hydroxylation sites is 1. The lowest BCUT2D eigenvalue weighted by Crippen LogP contribution is -2.50. The molecule has 0 atom stereocenters. The van der Waals surface area contributed by atoms with Crippen LogP contribution in [0, 0.1) is 6.92 Å². The Morgan fingerprint density at radius 1 is 0.929 bits per heavy atom. The molecule has 0 unspecified atom stereocenters. The first kappa shape index (κ1) is 21.2. The summed E-state index contributed by atoms with van der Waals surface area (Å²) in [5.41, 5.74) is 6.90. The van der Waals surface area contributed by atoms with Crippen molar-refractivity contribution in [3.05, 3.63) is 59.7 Å². The van der Waals surface area contributed by atoms with Crippen molar-refractivity contribution in [3.63, 3.8) is 0 Å². The molecule has 0 aliphatic rings. The van der Waals surface area contributed by atoms with Gasteiger partial charge in [-0.2, -0.15) is 0 Å². The zero-order valence-electron chi connectivity index (χ0n) is 15.8. The highest BCUT2D eigenvalue weighted by atomic mass is 32.1. The monoisotopic (exact) mass is 401 g/mol. The standard InChI is InChI=1S/C20H23N3O4S/c1-3-15-8-10-16(11-9-15)26-13-19(25)22-23-20(28)21-18(24)12-27-17-7-5-4-6-14(17)2/h4-11H,3,12-13H2,1-2H3,(H,22,25)(H2,21,23,24,28). The second kappa shape index (κ2) is 10.9. The van der Waals surface area contributed by atoms with Gasteiger partial charge in [-0.05, 0) is 54.9 Å². The van der Waals surface area contributed by atoms with Crippen LogP contribution in [0.1, 0.15) is 18.1 Å². The van der Waals surface area contributed by atoms with Crippen molar-refractivity contribution in [2.75, 3.05) is 13.2 Å². The fraction of sp³-hybridized carbons (Fsp3) is 0.250. The average Bonchev–Trinajstić information content (AvgIpc) is 2.70. The van der Waals surface area contributed by atoms with Gasteiger partial charge in [-0.3, -0.25) is 25.8 Å². The van der Waals surface area contributed by atoms with Crippen LogP contribution in [0.15, 0.2) is 48.5 Å². The summed E-state index contributed by atoms with van der Waals surface area (Å²) in [5.74, 6) is 0.333. The van der Waals surface area contributed by atoms with Crippen LogP contribution in [0.4, 0.5) is 0 Å². The average molecular weight is 401 g/mol. The molecule has 0 saturated heterocycles. The van der Waals surface area contributed by atoms with Gasteiger partial charge in [0.05, 0.1) is 0 Å². The highest BCUT2D eigenvalue weighted by Crippen LogP contribution is 2.15. The van der Waals surface area contributed by atoms with E-state index in [1.165, 1.54) is 5.56 Å². The quantitative estimate of drug-likeness (QED) is 0.486. The molecule has 0 heterocycles. The first-order valence-corrected chi connectivity index (χ1v) is 9.17.